The second-order valence-electron chi connectivity index (χ2n) is 6.49. The van der Waals surface area contributed by atoms with E-state index in [1.165, 1.54) is 0 Å². The number of urea groups is 1. The van der Waals surface area contributed by atoms with Gasteiger partial charge in [-0.05, 0) is 45.7 Å². The number of fused-ring (bicyclic) bond motifs is 1. The van der Waals surface area contributed by atoms with Crippen LogP contribution in [0.2, 0.25) is 0 Å². The van der Waals surface area contributed by atoms with E-state index in [0.29, 0.717) is 12.1 Å². The molecule has 3 rings (SSSR count). The fourth-order valence-electron chi connectivity index (χ4n) is 3.62. The lowest BCUT2D eigenvalue weighted by molar-refractivity contribution is 0.183. The van der Waals surface area contributed by atoms with Gasteiger partial charge in [0.15, 0.2) is 0 Å². The molecule has 3 heterocycles. The minimum Gasteiger partial charge on any atom is -0.465 e. The van der Waals surface area contributed by atoms with E-state index >= 15 is 0 Å². The molecule has 0 unspecified atom stereocenters. The van der Waals surface area contributed by atoms with Crippen LogP contribution in [0, 0.1) is 6.92 Å². The van der Waals surface area contributed by atoms with Crippen molar-refractivity contribution in [1.82, 2.24) is 15.1 Å². The van der Waals surface area contributed by atoms with E-state index in [1.807, 2.05) is 31.7 Å². The molecule has 1 aromatic heterocycles. The van der Waals surface area contributed by atoms with Crippen molar-refractivity contribution in [3.63, 3.8) is 0 Å². The Bertz CT molecular complexity index is 511. The number of amides is 2. The lowest BCUT2D eigenvalue weighted by Gasteiger charge is -2.26. The largest absolute Gasteiger partial charge is 0.465 e. The van der Waals surface area contributed by atoms with Crippen molar-refractivity contribution < 1.29 is 9.21 Å². The highest BCUT2D eigenvalue weighted by atomic mass is 16.3. The van der Waals surface area contributed by atoms with Gasteiger partial charge in [-0.15, -0.1) is 0 Å². The van der Waals surface area contributed by atoms with Crippen LogP contribution >= 0.6 is 0 Å². The Hall–Kier alpha value is -1.49. The molecule has 5 nitrogen and oxygen atoms in total. The Morgan fingerprint density at radius 2 is 2.10 bits per heavy atom. The molecule has 21 heavy (non-hydrogen) atoms. The molecule has 116 valence electrons. The molecule has 0 bridgehead atoms. The molecular weight excluding hydrogens is 266 g/mol. The predicted octanol–water partition coefficient (Wildman–Crippen LogP) is 2.35. The van der Waals surface area contributed by atoms with Crippen LogP contribution in [0.25, 0.3) is 0 Å². The third-order valence-electron chi connectivity index (χ3n) is 4.52. The molecule has 2 aliphatic rings. The van der Waals surface area contributed by atoms with E-state index in [2.05, 4.69) is 16.3 Å². The van der Waals surface area contributed by atoms with Crippen LogP contribution in [0.5, 0.6) is 0 Å². The number of aryl methyl sites for hydroxylation is 1. The fraction of sp³-hybridized carbons (Fsp3) is 0.688. The minimum atomic E-state index is 0.0909. The van der Waals surface area contributed by atoms with Gasteiger partial charge in [-0.1, -0.05) is 0 Å². The van der Waals surface area contributed by atoms with E-state index in [4.69, 9.17) is 4.42 Å². The molecule has 2 amide bonds. The van der Waals surface area contributed by atoms with Crippen molar-refractivity contribution in [1.29, 1.82) is 0 Å². The van der Waals surface area contributed by atoms with Gasteiger partial charge in [-0.3, -0.25) is 4.90 Å². The second-order valence-corrected chi connectivity index (χ2v) is 6.49. The van der Waals surface area contributed by atoms with Crippen molar-refractivity contribution in [2.24, 2.45) is 0 Å². The summed E-state index contributed by atoms with van der Waals surface area (Å²) in [6.07, 6.45) is 2.13. The third-order valence-corrected chi connectivity index (χ3v) is 4.52. The highest BCUT2D eigenvalue weighted by molar-refractivity contribution is 5.75. The van der Waals surface area contributed by atoms with Crippen LogP contribution in [-0.4, -0.2) is 47.0 Å². The summed E-state index contributed by atoms with van der Waals surface area (Å²) in [6.45, 7) is 8.75. The average molecular weight is 291 g/mol. The van der Waals surface area contributed by atoms with Crippen LogP contribution in [0.1, 0.15) is 38.2 Å². The van der Waals surface area contributed by atoms with Gasteiger partial charge in [-0.25, -0.2) is 4.79 Å². The van der Waals surface area contributed by atoms with E-state index < -0.39 is 0 Å². The van der Waals surface area contributed by atoms with Gasteiger partial charge in [0, 0.05) is 25.2 Å². The SMILES string of the molecule is Cc1ccc(CN2CC[C@@H]3[C@@H]2CCN3C(=O)NC(C)C)o1. The topological polar surface area (TPSA) is 48.7 Å². The van der Waals surface area contributed by atoms with Crippen molar-refractivity contribution >= 4 is 6.03 Å². The molecular formula is C16H25N3O2. The van der Waals surface area contributed by atoms with Gasteiger partial charge in [0.1, 0.15) is 11.5 Å². The molecule has 1 N–H and O–H groups in total. The summed E-state index contributed by atoms with van der Waals surface area (Å²) in [6, 6.07) is 5.20. The number of carbonyl (C=O) groups excluding carboxylic acids is 1. The molecule has 2 fully saturated rings. The number of carbonyl (C=O) groups is 1. The summed E-state index contributed by atoms with van der Waals surface area (Å²) in [4.78, 5) is 16.7. The number of hydrogen-bond donors (Lipinski definition) is 1. The first-order valence-corrected chi connectivity index (χ1v) is 7.91. The van der Waals surface area contributed by atoms with Crippen LogP contribution in [0.4, 0.5) is 4.79 Å². The number of furan rings is 1. The first-order chi connectivity index (χ1) is 10.0. The Labute approximate surface area is 126 Å². The van der Waals surface area contributed by atoms with Gasteiger partial charge < -0.3 is 14.6 Å². The minimum absolute atomic E-state index is 0.0909. The first kappa shape index (κ1) is 14.4. The summed E-state index contributed by atoms with van der Waals surface area (Å²) >= 11 is 0. The third kappa shape index (κ3) is 2.93. The smallest absolute Gasteiger partial charge is 0.317 e. The molecule has 2 aliphatic heterocycles. The number of hydrogen-bond acceptors (Lipinski definition) is 3. The summed E-state index contributed by atoms with van der Waals surface area (Å²) in [5.74, 6) is 1.99. The van der Waals surface area contributed by atoms with Crippen molar-refractivity contribution in [3.05, 3.63) is 23.7 Å². The lowest BCUT2D eigenvalue weighted by Crippen LogP contribution is -2.46. The number of nitrogens with zero attached hydrogens (tertiary/aromatic N) is 2. The molecule has 2 saturated heterocycles. The summed E-state index contributed by atoms with van der Waals surface area (Å²) in [7, 11) is 0. The van der Waals surface area contributed by atoms with Gasteiger partial charge in [0.2, 0.25) is 0 Å². The highest BCUT2D eigenvalue weighted by Crippen LogP contribution is 2.32. The Morgan fingerprint density at radius 3 is 2.76 bits per heavy atom. The second kappa shape index (κ2) is 5.72. The van der Waals surface area contributed by atoms with Gasteiger partial charge in [0.25, 0.3) is 0 Å². The number of nitrogens with one attached hydrogen (secondary N) is 1. The van der Waals surface area contributed by atoms with Crippen molar-refractivity contribution in [2.75, 3.05) is 13.1 Å². The number of rotatable bonds is 3. The Balaban J connectivity index is 1.62. The van der Waals surface area contributed by atoms with E-state index in [-0.39, 0.29) is 12.1 Å². The van der Waals surface area contributed by atoms with Crippen LogP contribution < -0.4 is 5.32 Å². The standard InChI is InChI=1S/C16H25N3O2/c1-11(2)17-16(20)19-9-7-14-15(19)6-8-18(14)10-13-5-4-12(3)21-13/h4-5,11,14-15H,6-10H2,1-3H3,(H,17,20)/t14-,15+/m0/s1. The molecule has 1 aromatic rings. The zero-order valence-electron chi connectivity index (χ0n) is 13.1. The van der Waals surface area contributed by atoms with Crippen LogP contribution in [-0.2, 0) is 6.54 Å². The van der Waals surface area contributed by atoms with Crippen LogP contribution in [0.15, 0.2) is 16.5 Å². The quantitative estimate of drug-likeness (QED) is 0.930. The highest BCUT2D eigenvalue weighted by Gasteiger charge is 2.44. The molecule has 0 aliphatic carbocycles. The van der Waals surface area contributed by atoms with Crippen molar-refractivity contribution in [2.45, 2.75) is 58.3 Å². The summed E-state index contributed by atoms with van der Waals surface area (Å²) in [5, 5.41) is 3.02. The zero-order chi connectivity index (χ0) is 15.0. The summed E-state index contributed by atoms with van der Waals surface area (Å²) < 4.78 is 5.69. The van der Waals surface area contributed by atoms with E-state index in [9.17, 15) is 4.79 Å². The van der Waals surface area contributed by atoms with E-state index in [0.717, 1.165) is 44.0 Å². The maximum Gasteiger partial charge on any atom is 0.317 e. The zero-order valence-corrected chi connectivity index (χ0v) is 13.1. The number of likely N-dealkylation sites (tertiary alicyclic amines) is 2. The molecule has 0 radical (unpaired) electrons. The molecule has 2 atom stereocenters. The normalized spacial score (nSPS) is 25.6. The van der Waals surface area contributed by atoms with Crippen LogP contribution in [0.3, 0.4) is 0 Å². The lowest BCUT2D eigenvalue weighted by atomic mass is 10.1. The fourth-order valence-corrected chi connectivity index (χ4v) is 3.62. The van der Waals surface area contributed by atoms with Gasteiger partial charge in [0.05, 0.1) is 12.6 Å². The summed E-state index contributed by atoms with van der Waals surface area (Å²) in [5.41, 5.74) is 0. The predicted molar refractivity (Wildman–Crippen MR) is 81.0 cm³/mol. The monoisotopic (exact) mass is 291 g/mol. The molecule has 0 saturated carbocycles. The maximum atomic E-state index is 12.2. The van der Waals surface area contributed by atoms with Crippen molar-refractivity contribution in [3.8, 4) is 0 Å². The van der Waals surface area contributed by atoms with Gasteiger partial charge >= 0.3 is 6.03 Å². The molecule has 0 aromatic carbocycles. The first-order valence-electron chi connectivity index (χ1n) is 7.91. The van der Waals surface area contributed by atoms with Gasteiger partial charge in [-0.2, -0.15) is 0 Å². The molecule has 0 spiro atoms. The Kier molecular flexibility index (Phi) is 3.93. The molecule has 5 heteroatoms. The average Bonchev–Trinajstić information content (AvgIpc) is 3.07. The Morgan fingerprint density at radius 1 is 1.33 bits per heavy atom. The van der Waals surface area contributed by atoms with E-state index in [1.54, 1.807) is 0 Å². The maximum absolute atomic E-state index is 12.2.